The van der Waals surface area contributed by atoms with Crippen LogP contribution in [0.5, 0.6) is 0 Å². The van der Waals surface area contributed by atoms with E-state index in [2.05, 4.69) is 0 Å². The van der Waals surface area contributed by atoms with E-state index < -0.39 is 17.6 Å². The Morgan fingerprint density at radius 3 is 2.25 bits per heavy atom. The van der Waals surface area contributed by atoms with Gasteiger partial charge in [0.1, 0.15) is 5.82 Å². The minimum atomic E-state index is -4.60. The summed E-state index contributed by atoms with van der Waals surface area (Å²) in [6.45, 7) is 7.95. The van der Waals surface area contributed by atoms with E-state index >= 15 is 0 Å². The molecule has 1 heterocycles. The molecule has 3 rings (SSSR count). The number of hydrogen-bond acceptors (Lipinski definition) is 1. The highest BCUT2D eigenvalue weighted by Crippen LogP contribution is 2.39. The van der Waals surface area contributed by atoms with Crippen molar-refractivity contribution in [1.82, 2.24) is 4.57 Å². The molecule has 2 aromatic carbocycles. The van der Waals surface area contributed by atoms with Gasteiger partial charge in [0, 0.05) is 34.8 Å². The van der Waals surface area contributed by atoms with Crippen molar-refractivity contribution in [2.45, 2.75) is 40.4 Å². The van der Waals surface area contributed by atoms with Gasteiger partial charge in [-0.1, -0.05) is 39.0 Å². The maximum Gasteiger partial charge on any atom is 0.417 e. The van der Waals surface area contributed by atoms with Crippen LogP contribution in [0.25, 0.3) is 22.0 Å². The first-order valence-corrected chi connectivity index (χ1v) is 8.88. The van der Waals surface area contributed by atoms with Crippen LogP contribution in [0.4, 0.5) is 17.6 Å². The number of alkyl halides is 3. The zero-order valence-electron chi connectivity index (χ0n) is 16.1. The van der Waals surface area contributed by atoms with Gasteiger partial charge in [-0.15, -0.1) is 0 Å². The molecule has 0 N–H and O–H groups in total. The zero-order valence-corrected chi connectivity index (χ0v) is 16.1. The third-order valence-corrected chi connectivity index (χ3v) is 4.52. The normalized spacial score (nSPS) is 12.6. The number of fused-ring (bicyclic) bond motifs is 1. The minimum absolute atomic E-state index is 0.135. The molecular formula is C22H21F4NO. The Morgan fingerprint density at radius 1 is 1.04 bits per heavy atom. The second-order valence-electron chi connectivity index (χ2n) is 8.18. The van der Waals surface area contributed by atoms with E-state index in [4.69, 9.17) is 0 Å². The van der Waals surface area contributed by atoms with E-state index in [9.17, 15) is 22.4 Å². The lowest BCUT2D eigenvalue weighted by Gasteiger charge is -2.20. The van der Waals surface area contributed by atoms with Gasteiger partial charge < -0.3 is 4.57 Å². The number of benzene rings is 2. The molecule has 0 unspecified atom stereocenters. The molecular weight excluding hydrogens is 370 g/mol. The highest BCUT2D eigenvalue weighted by atomic mass is 19.4. The maximum atomic E-state index is 14.9. The molecule has 3 aromatic rings. The van der Waals surface area contributed by atoms with Gasteiger partial charge in [-0.05, 0) is 36.1 Å². The summed E-state index contributed by atoms with van der Waals surface area (Å²) in [7, 11) is 0. The first-order chi connectivity index (χ1) is 12.9. The van der Waals surface area contributed by atoms with Crippen molar-refractivity contribution in [1.29, 1.82) is 0 Å². The summed E-state index contributed by atoms with van der Waals surface area (Å²) in [5.74, 6) is -1.01. The zero-order chi connectivity index (χ0) is 20.9. The number of hydrogen-bond donors (Lipinski definition) is 0. The predicted octanol–water partition coefficient (Wildman–Crippen LogP) is 6.71. The Hall–Kier alpha value is -2.63. The summed E-state index contributed by atoms with van der Waals surface area (Å²) in [6.07, 6.45) is -2.95. The fourth-order valence-electron chi connectivity index (χ4n) is 3.40. The van der Waals surface area contributed by atoms with Gasteiger partial charge in [0.2, 0.25) is 0 Å². The van der Waals surface area contributed by atoms with Crippen LogP contribution < -0.4 is 0 Å². The number of halogens is 4. The number of rotatable bonds is 3. The third kappa shape index (κ3) is 3.81. The van der Waals surface area contributed by atoms with Crippen molar-refractivity contribution in [3.63, 3.8) is 0 Å². The lowest BCUT2D eigenvalue weighted by Crippen LogP contribution is -2.14. The van der Waals surface area contributed by atoms with Gasteiger partial charge in [-0.25, -0.2) is 4.39 Å². The molecule has 0 aliphatic heterocycles. The molecule has 6 heteroatoms. The van der Waals surface area contributed by atoms with Crippen molar-refractivity contribution < 1.29 is 22.4 Å². The Balaban J connectivity index is 2.32. The molecule has 0 amide bonds. The number of aromatic nitrogens is 1. The topological polar surface area (TPSA) is 22.0 Å². The standard InChI is InChI=1S/C22H21F4NO/c1-13(28)17-11-27(12-21(2,3)4)20-10-15(19(23)9-16(17)20)14-7-5-6-8-18(14)22(24,25)26/h5-11H,12H2,1-4H3. The van der Waals surface area contributed by atoms with E-state index in [1.807, 2.05) is 25.3 Å². The first kappa shape index (κ1) is 20.1. The second kappa shape index (κ2) is 6.76. The molecule has 0 aliphatic carbocycles. The Morgan fingerprint density at radius 2 is 1.68 bits per heavy atom. The molecule has 0 saturated carbocycles. The van der Waals surface area contributed by atoms with E-state index in [1.54, 1.807) is 6.20 Å². The highest BCUT2D eigenvalue weighted by Gasteiger charge is 2.34. The van der Waals surface area contributed by atoms with Crippen LogP contribution in [0.15, 0.2) is 42.6 Å². The van der Waals surface area contributed by atoms with Gasteiger partial charge in [-0.2, -0.15) is 13.2 Å². The number of nitrogens with zero attached hydrogens (tertiary/aromatic N) is 1. The third-order valence-electron chi connectivity index (χ3n) is 4.52. The predicted molar refractivity (Wildman–Crippen MR) is 102 cm³/mol. The minimum Gasteiger partial charge on any atom is -0.346 e. The Labute approximate surface area is 160 Å². The summed E-state index contributed by atoms with van der Waals surface area (Å²) in [4.78, 5) is 12.0. The molecule has 0 spiro atoms. The summed E-state index contributed by atoms with van der Waals surface area (Å²) in [5.41, 5.74) is -0.499. The van der Waals surface area contributed by atoms with Crippen LogP contribution in [-0.2, 0) is 12.7 Å². The number of ketones is 1. The first-order valence-electron chi connectivity index (χ1n) is 8.88. The van der Waals surface area contributed by atoms with Crippen molar-refractivity contribution in [2.75, 3.05) is 0 Å². The smallest absolute Gasteiger partial charge is 0.346 e. The van der Waals surface area contributed by atoms with Crippen molar-refractivity contribution in [2.24, 2.45) is 5.41 Å². The monoisotopic (exact) mass is 391 g/mol. The fourth-order valence-corrected chi connectivity index (χ4v) is 3.40. The van der Waals surface area contributed by atoms with Crippen LogP contribution in [0.1, 0.15) is 43.6 Å². The van der Waals surface area contributed by atoms with E-state index in [0.29, 0.717) is 23.0 Å². The molecule has 2 nitrogen and oxygen atoms in total. The van der Waals surface area contributed by atoms with Gasteiger partial charge in [0.05, 0.1) is 5.56 Å². The largest absolute Gasteiger partial charge is 0.417 e. The Kier molecular flexibility index (Phi) is 4.86. The van der Waals surface area contributed by atoms with Gasteiger partial charge in [0.15, 0.2) is 5.78 Å². The highest BCUT2D eigenvalue weighted by molar-refractivity contribution is 6.07. The van der Waals surface area contributed by atoms with Crippen molar-refractivity contribution >= 4 is 16.7 Å². The summed E-state index contributed by atoms with van der Waals surface area (Å²) < 4.78 is 56.9. The molecule has 0 bridgehead atoms. The lowest BCUT2D eigenvalue weighted by atomic mass is 9.96. The molecule has 0 radical (unpaired) electrons. The molecule has 0 aliphatic rings. The van der Waals surface area contributed by atoms with Gasteiger partial charge >= 0.3 is 6.18 Å². The summed E-state index contributed by atoms with van der Waals surface area (Å²) >= 11 is 0. The van der Waals surface area contributed by atoms with Crippen LogP contribution in [0, 0.1) is 11.2 Å². The van der Waals surface area contributed by atoms with Crippen LogP contribution >= 0.6 is 0 Å². The Bertz CT molecular complexity index is 1050. The van der Waals surface area contributed by atoms with Crippen molar-refractivity contribution in [3.8, 4) is 11.1 Å². The average molecular weight is 391 g/mol. The van der Waals surface area contributed by atoms with E-state index in [-0.39, 0.29) is 22.3 Å². The number of carbonyl (C=O) groups is 1. The fraction of sp³-hybridized carbons (Fsp3) is 0.318. The molecule has 0 saturated heterocycles. The summed E-state index contributed by atoms with van der Waals surface area (Å²) in [6, 6.07) is 7.49. The quantitative estimate of drug-likeness (QED) is 0.359. The van der Waals surface area contributed by atoms with Crippen LogP contribution in [0.3, 0.4) is 0 Å². The number of carbonyl (C=O) groups excluding carboxylic acids is 1. The maximum absolute atomic E-state index is 14.9. The molecule has 28 heavy (non-hydrogen) atoms. The van der Waals surface area contributed by atoms with Crippen LogP contribution in [-0.4, -0.2) is 10.4 Å². The molecule has 148 valence electrons. The molecule has 0 fully saturated rings. The lowest BCUT2D eigenvalue weighted by molar-refractivity contribution is -0.137. The van der Waals surface area contributed by atoms with E-state index in [1.165, 1.54) is 31.2 Å². The average Bonchev–Trinajstić information content (AvgIpc) is 2.89. The van der Waals surface area contributed by atoms with Gasteiger partial charge in [0.25, 0.3) is 0 Å². The second-order valence-corrected chi connectivity index (χ2v) is 8.18. The SMILES string of the molecule is CC(=O)c1cn(CC(C)(C)C)c2cc(-c3ccccc3C(F)(F)F)c(F)cc12. The number of Topliss-reactive ketones (excluding diaryl/α,β-unsaturated/α-hetero) is 1. The molecule has 1 aromatic heterocycles. The summed E-state index contributed by atoms with van der Waals surface area (Å²) in [5, 5.41) is 0.405. The van der Waals surface area contributed by atoms with Crippen LogP contribution in [0.2, 0.25) is 0 Å². The van der Waals surface area contributed by atoms with E-state index in [0.717, 1.165) is 12.1 Å². The van der Waals surface area contributed by atoms with Gasteiger partial charge in [-0.3, -0.25) is 4.79 Å². The molecule has 0 atom stereocenters. The van der Waals surface area contributed by atoms with Crippen molar-refractivity contribution in [3.05, 3.63) is 59.5 Å².